The summed E-state index contributed by atoms with van der Waals surface area (Å²) in [4.78, 5) is 10.1. The summed E-state index contributed by atoms with van der Waals surface area (Å²) >= 11 is 0. The van der Waals surface area contributed by atoms with Crippen LogP contribution in [0, 0.1) is 0 Å². The van der Waals surface area contributed by atoms with Gasteiger partial charge in [0.15, 0.2) is 11.5 Å². The van der Waals surface area contributed by atoms with Crippen LogP contribution in [0.2, 0.25) is 0 Å². The van der Waals surface area contributed by atoms with E-state index in [4.69, 9.17) is 5.11 Å². The zero-order valence-electron chi connectivity index (χ0n) is 6.53. The third-order valence-corrected chi connectivity index (χ3v) is 1.42. The highest BCUT2D eigenvalue weighted by atomic mass is 19.1. The van der Waals surface area contributed by atoms with Gasteiger partial charge in [0.2, 0.25) is 0 Å². The van der Waals surface area contributed by atoms with Crippen molar-refractivity contribution >= 4 is 6.16 Å². The molecule has 1 aromatic rings. The van der Waals surface area contributed by atoms with Crippen molar-refractivity contribution in [2.75, 3.05) is 0 Å². The molecule has 0 unspecified atom stereocenters. The molecule has 0 aliphatic heterocycles. The summed E-state index contributed by atoms with van der Waals surface area (Å²) < 4.78 is 16.3. The third kappa shape index (κ3) is 2.08. The Labute approximate surface area is 73.2 Å². The summed E-state index contributed by atoms with van der Waals surface area (Å²) in [5, 5.41) is 17.4. The topological polar surface area (TPSA) is 66.8 Å². The number of benzene rings is 1. The van der Waals surface area contributed by atoms with Gasteiger partial charge in [-0.15, -0.1) is 0 Å². The van der Waals surface area contributed by atoms with Gasteiger partial charge in [-0.3, -0.25) is 0 Å². The number of aromatic hydroxyl groups is 1. The Balaban J connectivity index is 3.01. The molecule has 0 aromatic heterocycles. The molecule has 0 saturated heterocycles. The molecule has 0 radical (unpaired) electrons. The van der Waals surface area contributed by atoms with Crippen LogP contribution in [0.25, 0.3) is 0 Å². The van der Waals surface area contributed by atoms with Crippen molar-refractivity contribution in [3.05, 3.63) is 23.8 Å². The second-order valence-corrected chi connectivity index (χ2v) is 2.27. The molecule has 0 atom stereocenters. The van der Waals surface area contributed by atoms with Gasteiger partial charge in [0.05, 0.1) is 0 Å². The first-order valence-corrected chi connectivity index (χ1v) is 3.42. The Morgan fingerprint density at radius 1 is 1.54 bits per heavy atom. The van der Waals surface area contributed by atoms with Crippen LogP contribution in [0.15, 0.2) is 18.2 Å². The number of alkyl halides is 1. The van der Waals surface area contributed by atoms with E-state index >= 15 is 0 Å². The number of rotatable bonds is 2. The Bertz CT molecular complexity index is 324. The molecule has 70 valence electrons. The number of phenolic OH excluding ortho intramolecular Hbond substituents is 1. The molecular weight excluding hydrogens is 179 g/mol. The summed E-state index contributed by atoms with van der Waals surface area (Å²) in [6.45, 7) is -0.872. The lowest BCUT2D eigenvalue weighted by atomic mass is 10.2. The van der Waals surface area contributed by atoms with Crippen LogP contribution >= 0.6 is 0 Å². The van der Waals surface area contributed by atoms with Crippen molar-refractivity contribution in [1.29, 1.82) is 0 Å². The van der Waals surface area contributed by atoms with Gasteiger partial charge in [0.25, 0.3) is 0 Å². The molecule has 0 spiro atoms. The molecule has 0 amide bonds. The van der Waals surface area contributed by atoms with Gasteiger partial charge in [0.1, 0.15) is 6.67 Å². The minimum absolute atomic E-state index is 0.00116. The highest BCUT2D eigenvalue weighted by Gasteiger charge is 2.10. The number of carbonyl (C=O) groups is 1. The predicted octanol–water partition coefficient (Wildman–Crippen LogP) is 1.92. The average molecular weight is 186 g/mol. The molecule has 0 heterocycles. The lowest BCUT2D eigenvalue weighted by Crippen LogP contribution is -2.03. The monoisotopic (exact) mass is 186 g/mol. The van der Waals surface area contributed by atoms with E-state index in [0.29, 0.717) is 0 Å². The molecule has 5 heteroatoms. The standard InChI is InChI=1S/C8H7FO4/c9-4-5-2-1-3-6(7(5)10)13-8(11)12/h1-3,10H,4H2,(H,11,12). The zero-order chi connectivity index (χ0) is 9.84. The van der Waals surface area contributed by atoms with E-state index < -0.39 is 18.6 Å². The summed E-state index contributed by atoms with van der Waals surface area (Å²) in [7, 11) is 0. The molecule has 1 rings (SSSR count). The van der Waals surface area contributed by atoms with E-state index in [2.05, 4.69) is 4.74 Å². The Kier molecular flexibility index (Phi) is 2.69. The van der Waals surface area contributed by atoms with Crippen LogP contribution < -0.4 is 4.74 Å². The maximum Gasteiger partial charge on any atom is 0.511 e. The van der Waals surface area contributed by atoms with Crippen LogP contribution in [0.3, 0.4) is 0 Å². The zero-order valence-corrected chi connectivity index (χ0v) is 6.53. The van der Waals surface area contributed by atoms with E-state index in [1.807, 2.05) is 0 Å². The maximum absolute atomic E-state index is 12.1. The van der Waals surface area contributed by atoms with Crippen LogP contribution in [0.5, 0.6) is 11.5 Å². The van der Waals surface area contributed by atoms with Crippen LogP contribution in [-0.4, -0.2) is 16.4 Å². The molecule has 2 N–H and O–H groups in total. The normalized spacial score (nSPS) is 9.62. The van der Waals surface area contributed by atoms with E-state index in [1.54, 1.807) is 0 Å². The molecule has 0 bridgehead atoms. The summed E-state index contributed by atoms with van der Waals surface area (Å²) in [5.74, 6) is -0.741. The Morgan fingerprint density at radius 3 is 2.77 bits per heavy atom. The van der Waals surface area contributed by atoms with E-state index in [1.165, 1.54) is 18.2 Å². The number of hydrogen-bond acceptors (Lipinski definition) is 3. The van der Waals surface area contributed by atoms with Gasteiger partial charge >= 0.3 is 6.16 Å². The second-order valence-electron chi connectivity index (χ2n) is 2.27. The van der Waals surface area contributed by atoms with Crippen molar-refractivity contribution in [3.8, 4) is 11.5 Å². The molecule has 13 heavy (non-hydrogen) atoms. The molecule has 4 nitrogen and oxygen atoms in total. The quantitative estimate of drug-likeness (QED) is 0.547. The largest absolute Gasteiger partial charge is 0.511 e. The van der Waals surface area contributed by atoms with Crippen molar-refractivity contribution in [3.63, 3.8) is 0 Å². The first-order valence-electron chi connectivity index (χ1n) is 3.42. The van der Waals surface area contributed by atoms with Crippen LogP contribution in [0.1, 0.15) is 5.56 Å². The molecule has 0 aliphatic carbocycles. The molecular formula is C8H7FO4. The van der Waals surface area contributed by atoms with Gasteiger partial charge < -0.3 is 14.9 Å². The summed E-state index contributed by atoms with van der Waals surface area (Å²) in [6, 6.07) is 3.97. The number of halogens is 1. The van der Waals surface area contributed by atoms with E-state index in [-0.39, 0.29) is 11.3 Å². The van der Waals surface area contributed by atoms with Gasteiger partial charge in [-0.05, 0) is 6.07 Å². The number of carboxylic acid groups (broad SMARTS) is 1. The number of hydrogen-bond donors (Lipinski definition) is 2. The fraction of sp³-hybridized carbons (Fsp3) is 0.125. The molecule has 0 aliphatic rings. The lowest BCUT2D eigenvalue weighted by molar-refractivity contribution is 0.142. The fourth-order valence-electron chi connectivity index (χ4n) is 0.852. The Morgan fingerprint density at radius 2 is 2.23 bits per heavy atom. The smallest absolute Gasteiger partial charge is 0.504 e. The third-order valence-electron chi connectivity index (χ3n) is 1.42. The lowest BCUT2D eigenvalue weighted by Gasteiger charge is -2.04. The number of ether oxygens (including phenoxy) is 1. The summed E-state index contributed by atoms with van der Waals surface area (Å²) in [5.41, 5.74) is -0.00116. The fourth-order valence-corrected chi connectivity index (χ4v) is 0.852. The van der Waals surface area contributed by atoms with Crippen molar-refractivity contribution in [2.24, 2.45) is 0 Å². The molecule has 1 aromatic carbocycles. The van der Waals surface area contributed by atoms with Gasteiger partial charge in [0, 0.05) is 5.56 Å². The van der Waals surface area contributed by atoms with E-state index in [9.17, 15) is 14.3 Å². The SMILES string of the molecule is O=C(O)Oc1cccc(CF)c1O. The minimum atomic E-state index is -1.55. The average Bonchev–Trinajstić information content (AvgIpc) is 2.08. The van der Waals surface area contributed by atoms with Crippen molar-refractivity contribution in [1.82, 2.24) is 0 Å². The van der Waals surface area contributed by atoms with Crippen LogP contribution in [0.4, 0.5) is 9.18 Å². The molecule has 0 saturated carbocycles. The Hall–Kier alpha value is -1.78. The van der Waals surface area contributed by atoms with Gasteiger partial charge in [-0.2, -0.15) is 0 Å². The molecule has 0 fully saturated rings. The first kappa shape index (κ1) is 9.31. The minimum Gasteiger partial charge on any atom is -0.504 e. The van der Waals surface area contributed by atoms with Gasteiger partial charge in [-0.25, -0.2) is 9.18 Å². The van der Waals surface area contributed by atoms with Gasteiger partial charge in [-0.1, -0.05) is 12.1 Å². The number of phenols is 1. The predicted molar refractivity (Wildman–Crippen MR) is 41.6 cm³/mol. The number of para-hydroxylation sites is 1. The highest BCUT2D eigenvalue weighted by molar-refractivity contribution is 5.63. The first-order chi connectivity index (χ1) is 6.15. The highest BCUT2D eigenvalue weighted by Crippen LogP contribution is 2.30. The van der Waals surface area contributed by atoms with Crippen LogP contribution in [-0.2, 0) is 6.67 Å². The summed E-state index contributed by atoms with van der Waals surface area (Å²) in [6.07, 6.45) is -1.55. The maximum atomic E-state index is 12.1. The van der Waals surface area contributed by atoms with Crippen molar-refractivity contribution < 1.29 is 24.1 Å². The second kappa shape index (κ2) is 3.75. The van der Waals surface area contributed by atoms with Crippen molar-refractivity contribution in [2.45, 2.75) is 6.67 Å². The van der Waals surface area contributed by atoms with E-state index in [0.717, 1.165) is 0 Å².